The van der Waals surface area contributed by atoms with Crippen molar-refractivity contribution in [1.29, 1.82) is 0 Å². The summed E-state index contributed by atoms with van der Waals surface area (Å²) < 4.78 is 16.5. The van der Waals surface area contributed by atoms with Crippen LogP contribution < -0.4 is 25.3 Å². The lowest BCUT2D eigenvalue weighted by molar-refractivity contribution is -0.120. The zero-order valence-corrected chi connectivity index (χ0v) is 16.4. The Morgan fingerprint density at radius 1 is 1.14 bits per heavy atom. The zero-order valence-electron chi connectivity index (χ0n) is 15.6. The van der Waals surface area contributed by atoms with Gasteiger partial charge in [-0.2, -0.15) is 0 Å². The summed E-state index contributed by atoms with van der Waals surface area (Å²) in [5.41, 5.74) is 7.56. The first kappa shape index (κ1) is 20.3. The third-order valence-corrected chi connectivity index (χ3v) is 5.24. The molecule has 1 saturated carbocycles. The Balaban J connectivity index is 0.00000225. The molecule has 1 fully saturated rings. The number of hydrogen-bond acceptors (Lipinski definition) is 5. The van der Waals surface area contributed by atoms with Gasteiger partial charge in [0.15, 0.2) is 11.5 Å². The van der Waals surface area contributed by atoms with E-state index in [2.05, 4.69) is 5.32 Å². The second-order valence-corrected chi connectivity index (χ2v) is 7.03. The van der Waals surface area contributed by atoms with Crippen molar-refractivity contribution >= 4 is 24.0 Å². The summed E-state index contributed by atoms with van der Waals surface area (Å²) >= 11 is 0. The van der Waals surface area contributed by atoms with E-state index in [0.29, 0.717) is 30.6 Å². The molecule has 0 saturated heterocycles. The Hall–Kier alpha value is -2.44. The van der Waals surface area contributed by atoms with E-state index >= 15 is 0 Å². The van der Waals surface area contributed by atoms with Crippen LogP contribution in [0, 0.1) is 11.8 Å². The van der Waals surface area contributed by atoms with E-state index in [1.54, 1.807) is 0 Å². The Morgan fingerprint density at radius 2 is 2.00 bits per heavy atom. The van der Waals surface area contributed by atoms with Crippen molar-refractivity contribution in [2.45, 2.75) is 25.9 Å². The van der Waals surface area contributed by atoms with Gasteiger partial charge in [-0.1, -0.05) is 18.6 Å². The van der Waals surface area contributed by atoms with Gasteiger partial charge in [-0.05, 0) is 55.1 Å². The molecule has 3 N–H and O–H groups in total. The summed E-state index contributed by atoms with van der Waals surface area (Å²) in [7, 11) is 0. The lowest BCUT2D eigenvalue weighted by Gasteiger charge is -2.17. The minimum atomic E-state index is 0. The molecule has 7 heteroatoms. The molecule has 1 heterocycles. The van der Waals surface area contributed by atoms with E-state index in [0.717, 1.165) is 36.3 Å². The van der Waals surface area contributed by atoms with Gasteiger partial charge in [0.05, 0.1) is 0 Å². The second kappa shape index (κ2) is 9.17. The highest BCUT2D eigenvalue weighted by Gasteiger charge is 2.31. The van der Waals surface area contributed by atoms with E-state index in [1.807, 2.05) is 42.5 Å². The van der Waals surface area contributed by atoms with Gasteiger partial charge >= 0.3 is 0 Å². The van der Waals surface area contributed by atoms with Crippen LogP contribution >= 0.6 is 12.4 Å². The van der Waals surface area contributed by atoms with Crippen LogP contribution in [-0.2, 0) is 11.4 Å². The number of halogens is 1. The molecule has 1 aliphatic heterocycles. The van der Waals surface area contributed by atoms with Gasteiger partial charge in [-0.25, -0.2) is 0 Å². The third-order valence-electron chi connectivity index (χ3n) is 5.24. The highest BCUT2D eigenvalue weighted by atomic mass is 35.5. The third kappa shape index (κ3) is 4.51. The van der Waals surface area contributed by atoms with Gasteiger partial charge in [-0.15, -0.1) is 12.4 Å². The monoisotopic (exact) mass is 404 g/mol. The molecule has 0 spiro atoms. The first-order valence-corrected chi connectivity index (χ1v) is 9.35. The van der Waals surface area contributed by atoms with Crippen molar-refractivity contribution in [2.75, 3.05) is 18.7 Å². The standard InChI is InChI=1S/C21H24N2O4.ClH/c22-11-15-4-2-6-18(15)21(24)23-16-5-1-3-14(9-16)12-25-17-7-8-19-20(10-17)27-13-26-19;/h1,3,5,7-10,15,18H,2,4,6,11-13,22H2,(H,23,24);1H/t15-,18-;/m1./s1. The Bertz CT molecular complexity index is 830. The summed E-state index contributed by atoms with van der Waals surface area (Å²) in [4.78, 5) is 12.6. The number of anilines is 1. The van der Waals surface area contributed by atoms with Crippen LogP contribution in [0.4, 0.5) is 5.69 Å². The Labute approximate surface area is 170 Å². The highest BCUT2D eigenvalue weighted by molar-refractivity contribution is 5.93. The number of carbonyl (C=O) groups is 1. The molecule has 6 nitrogen and oxygen atoms in total. The molecule has 2 aromatic rings. The van der Waals surface area contributed by atoms with Gasteiger partial charge < -0.3 is 25.3 Å². The maximum Gasteiger partial charge on any atom is 0.231 e. The molecule has 28 heavy (non-hydrogen) atoms. The van der Waals surface area contributed by atoms with E-state index in [9.17, 15) is 4.79 Å². The average Bonchev–Trinajstić information content (AvgIpc) is 3.35. The molecule has 4 rings (SSSR count). The summed E-state index contributed by atoms with van der Waals surface area (Å²) in [6.07, 6.45) is 3.03. The van der Waals surface area contributed by atoms with Gasteiger partial charge in [0, 0.05) is 17.7 Å². The first-order valence-electron chi connectivity index (χ1n) is 9.35. The van der Waals surface area contributed by atoms with E-state index < -0.39 is 0 Å². The molecule has 0 unspecified atom stereocenters. The Kier molecular flexibility index (Phi) is 6.65. The fraction of sp³-hybridized carbons (Fsp3) is 0.381. The van der Waals surface area contributed by atoms with Gasteiger partial charge in [0.25, 0.3) is 0 Å². The van der Waals surface area contributed by atoms with Gasteiger partial charge in [0.2, 0.25) is 12.7 Å². The SMILES string of the molecule is Cl.NC[C@H]1CCC[C@H]1C(=O)Nc1cccc(COc2ccc3c(c2)OCO3)c1. The van der Waals surface area contributed by atoms with Crippen molar-refractivity contribution in [2.24, 2.45) is 17.6 Å². The molecular weight excluding hydrogens is 380 g/mol. The number of fused-ring (bicyclic) bond motifs is 1. The van der Waals surface area contributed by atoms with Crippen LogP contribution in [0.15, 0.2) is 42.5 Å². The number of nitrogens with one attached hydrogen (secondary N) is 1. The van der Waals surface area contributed by atoms with Crippen LogP contribution in [0.3, 0.4) is 0 Å². The predicted molar refractivity (Wildman–Crippen MR) is 109 cm³/mol. The molecule has 150 valence electrons. The molecule has 0 bridgehead atoms. The fourth-order valence-corrected chi connectivity index (χ4v) is 3.77. The van der Waals surface area contributed by atoms with Crippen LogP contribution in [0.1, 0.15) is 24.8 Å². The molecule has 2 aromatic carbocycles. The number of nitrogens with two attached hydrogens (primary N) is 1. The number of carbonyl (C=O) groups excluding carboxylic acids is 1. The second-order valence-electron chi connectivity index (χ2n) is 7.03. The highest BCUT2D eigenvalue weighted by Crippen LogP contribution is 2.35. The summed E-state index contributed by atoms with van der Waals surface area (Å²) in [5, 5.41) is 3.03. The van der Waals surface area contributed by atoms with Crippen LogP contribution in [-0.4, -0.2) is 19.2 Å². The summed E-state index contributed by atoms with van der Waals surface area (Å²) in [5.74, 6) is 2.52. The van der Waals surface area contributed by atoms with E-state index in [-0.39, 0.29) is 31.0 Å². The molecule has 2 aliphatic rings. The van der Waals surface area contributed by atoms with Gasteiger partial charge in [-0.3, -0.25) is 4.79 Å². The fourth-order valence-electron chi connectivity index (χ4n) is 3.77. The molecule has 0 aromatic heterocycles. The zero-order chi connectivity index (χ0) is 18.6. The molecule has 1 aliphatic carbocycles. The molecule has 1 amide bonds. The quantitative estimate of drug-likeness (QED) is 0.766. The molecule has 0 radical (unpaired) electrons. The van der Waals surface area contributed by atoms with Crippen molar-refractivity contribution in [3.63, 3.8) is 0 Å². The van der Waals surface area contributed by atoms with E-state index in [4.69, 9.17) is 19.9 Å². The molecular formula is C21H25ClN2O4. The van der Waals surface area contributed by atoms with Crippen LogP contribution in [0.25, 0.3) is 0 Å². The predicted octanol–water partition coefficient (Wildman–Crippen LogP) is 3.73. The lowest BCUT2D eigenvalue weighted by atomic mass is 9.95. The Morgan fingerprint density at radius 3 is 2.86 bits per heavy atom. The van der Waals surface area contributed by atoms with Crippen molar-refractivity contribution in [1.82, 2.24) is 0 Å². The minimum Gasteiger partial charge on any atom is -0.489 e. The number of amides is 1. The minimum absolute atomic E-state index is 0. The summed E-state index contributed by atoms with van der Waals surface area (Å²) in [6, 6.07) is 13.2. The topological polar surface area (TPSA) is 82.8 Å². The number of rotatable bonds is 6. The van der Waals surface area contributed by atoms with Gasteiger partial charge in [0.1, 0.15) is 12.4 Å². The van der Waals surface area contributed by atoms with Crippen molar-refractivity contribution in [3.8, 4) is 17.2 Å². The summed E-state index contributed by atoms with van der Waals surface area (Å²) in [6.45, 7) is 1.21. The van der Waals surface area contributed by atoms with Crippen molar-refractivity contribution < 1.29 is 19.0 Å². The smallest absolute Gasteiger partial charge is 0.231 e. The average molecular weight is 405 g/mol. The maximum absolute atomic E-state index is 12.6. The largest absolute Gasteiger partial charge is 0.489 e. The lowest BCUT2D eigenvalue weighted by Crippen LogP contribution is -2.29. The number of benzene rings is 2. The normalized spacial score (nSPS) is 19.8. The van der Waals surface area contributed by atoms with Crippen molar-refractivity contribution in [3.05, 3.63) is 48.0 Å². The van der Waals surface area contributed by atoms with E-state index in [1.165, 1.54) is 0 Å². The maximum atomic E-state index is 12.6. The molecule has 2 atom stereocenters. The van der Waals surface area contributed by atoms with Crippen LogP contribution in [0.5, 0.6) is 17.2 Å². The number of hydrogen-bond donors (Lipinski definition) is 2. The van der Waals surface area contributed by atoms with Crippen LogP contribution in [0.2, 0.25) is 0 Å². The number of ether oxygens (including phenoxy) is 3. The first-order chi connectivity index (χ1) is 13.2.